The molecule has 2 rings (SSSR count). The van der Waals surface area contributed by atoms with Crippen LogP contribution in [0.4, 0.5) is 0 Å². The zero-order valence-electron chi connectivity index (χ0n) is 12.9. The van der Waals surface area contributed by atoms with Crippen LogP contribution in [0.25, 0.3) is 0 Å². The fourth-order valence-electron chi connectivity index (χ4n) is 3.42. The van der Waals surface area contributed by atoms with Gasteiger partial charge >= 0.3 is 0 Å². The normalized spacial score (nSPS) is 19.0. The van der Waals surface area contributed by atoms with Crippen LogP contribution in [0.1, 0.15) is 63.3 Å². The molecule has 1 saturated carbocycles. The predicted molar refractivity (Wildman–Crippen MR) is 85.1 cm³/mol. The van der Waals surface area contributed by atoms with Gasteiger partial charge in [0.15, 0.2) is 0 Å². The van der Waals surface area contributed by atoms with Gasteiger partial charge in [0, 0.05) is 19.0 Å². The van der Waals surface area contributed by atoms with E-state index >= 15 is 0 Å². The Morgan fingerprint density at radius 1 is 1.30 bits per heavy atom. The zero-order chi connectivity index (χ0) is 14.5. The maximum absolute atomic E-state index is 6.39. The summed E-state index contributed by atoms with van der Waals surface area (Å²) < 4.78 is 2.00. The van der Waals surface area contributed by atoms with Gasteiger partial charge in [-0.2, -0.15) is 5.10 Å². The Balaban J connectivity index is 1.95. The summed E-state index contributed by atoms with van der Waals surface area (Å²) in [5, 5.41) is 5.28. The molecule has 0 aliphatic heterocycles. The number of nitrogens with two attached hydrogens (primary N) is 1. The monoisotopic (exact) mass is 297 g/mol. The van der Waals surface area contributed by atoms with Gasteiger partial charge < -0.3 is 5.73 Å². The second-order valence-corrected chi connectivity index (χ2v) is 6.60. The molecule has 0 radical (unpaired) electrons. The first-order valence-electron chi connectivity index (χ1n) is 8.09. The molecule has 1 atom stereocenters. The molecule has 0 saturated heterocycles. The molecular weight excluding hydrogens is 270 g/mol. The minimum atomic E-state index is 0.206. The van der Waals surface area contributed by atoms with Gasteiger partial charge in [0.05, 0.1) is 16.4 Å². The molecular formula is C16H28ClN3. The van der Waals surface area contributed by atoms with Crippen molar-refractivity contribution < 1.29 is 0 Å². The summed E-state index contributed by atoms with van der Waals surface area (Å²) in [6.07, 6.45) is 10.3. The van der Waals surface area contributed by atoms with Crippen LogP contribution in [0.2, 0.25) is 5.02 Å². The maximum Gasteiger partial charge on any atom is 0.0847 e. The fourth-order valence-corrected chi connectivity index (χ4v) is 3.64. The fraction of sp³-hybridized carbons (Fsp3) is 0.812. The zero-order valence-corrected chi connectivity index (χ0v) is 13.6. The summed E-state index contributed by atoms with van der Waals surface area (Å²) in [5.41, 5.74) is 8.43. The molecule has 1 aliphatic rings. The molecule has 1 heterocycles. The third-order valence-corrected chi connectivity index (χ3v) is 5.01. The molecule has 1 aliphatic carbocycles. The van der Waals surface area contributed by atoms with Gasteiger partial charge in [-0.25, -0.2) is 0 Å². The van der Waals surface area contributed by atoms with Gasteiger partial charge in [0.2, 0.25) is 0 Å². The van der Waals surface area contributed by atoms with Crippen LogP contribution >= 0.6 is 11.6 Å². The first-order valence-corrected chi connectivity index (χ1v) is 8.47. The Labute approximate surface area is 127 Å². The van der Waals surface area contributed by atoms with Crippen LogP contribution in [0.3, 0.4) is 0 Å². The highest BCUT2D eigenvalue weighted by atomic mass is 35.5. The van der Waals surface area contributed by atoms with Crippen LogP contribution in [0.5, 0.6) is 0 Å². The molecule has 114 valence electrons. The van der Waals surface area contributed by atoms with E-state index in [4.69, 9.17) is 17.3 Å². The van der Waals surface area contributed by atoms with Crippen molar-refractivity contribution in [2.24, 2.45) is 11.7 Å². The van der Waals surface area contributed by atoms with E-state index in [1.54, 1.807) is 0 Å². The number of rotatable bonds is 5. The first-order chi connectivity index (χ1) is 9.61. The topological polar surface area (TPSA) is 43.8 Å². The Bertz CT molecular complexity index is 420. The molecule has 1 aromatic rings. The number of halogens is 1. The van der Waals surface area contributed by atoms with Crippen LogP contribution in [0.15, 0.2) is 0 Å². The van der Waals surface area contributed by atoms with E-state index < -0.39 is 0 Å². The molecule has 2 N–H and O–H groups in total. The second-order valence-electron chi connectivity index (χ2n) is 6.22. The molecule has 1 unspecified atom stereocenters. The van der Waals surface area contributed by atoms with E-state index in [1.807, 2.05) is 11.6 Å². The number of aryl methyl sites for hydroxylation is 2. The van der Waals surface area contributed by atoms with Gasteiger partial charge in [-0.1, -0.05) is 50.1 Å². The molecule has 3 nitrogen and oxygen atoms in total. The number of nitrogens with zero attached hydrogens (tertiary/aromatic N) is 2. The van der Waals surface area contributed by atoms with Crippen molar-refractivity contribution in [2.75, 3.05) is 0 Å². The molecule has 0 amide bonds. The summed E-state index contributed by atoms with van der Waals surface area (Å²) in [6.45, 7) is 4.93. The van der Waals surface area contributed by atoms with Crippen LogP contribution in [0, 0.1) is 12.8 Å². The largest absolute Gasteiger partial charge is 0.327 e. The molecule has 20 heavy (non-hydrogen) atoms. The van der Waals surface area contributed by atoms with Crippen molar-refractivity contribution >= 4 is 11.6 Å². The summed E-state index contributed by atoms with van der Waals surface area (Å²) in [7, 11) is 0. The van der Waals surface area contributed by atoms with Crippen LogP contribution in [-0.2, 0) is 13.0 Å². The smallest absolute Gasteiger partial charge is 0.0847 e. The van der Waals surface area contributed by atoms with Crippen LogP contribution < -0.4 is 5.73 Å². The average Bonchev–Trinajstić information content (AvgIpc) is 2.64. The van der Waals surface area contributed by atoms with E-state index in [9.17, 15) is 0 Å². The molecule has 1 aromatic heterocycles. The molecule has 0 spiro atoms. The number of hydrogen-bond acceptors (Lipinski definition) is 2. The summed E-state index contributed by atoms with van der Waals surface area (Å²) in [5.74, 6) is 0.811. The first kappa shape index (κ1) is 15.8. The Morgan fingerprint density at radius 2 is 1.95 bits per heavy atom. The lowest BCUT2D eigenvalue weighted by molar-refractivity contribution is 0.383. The Kier molecular flexibility index (Phi) is 5.91. The van der Waals surface area contributed by atoms with Crippen LogP contribution in [-0.4, -0.2) is 15.8 Å². The van der Waals surface area contributed by atoms with Crippen molar-refractivity contribution in [1.82, 2.24) is 9.78 Å². The lowest BCUT2D eigenvalue weighted by atomic mass is 9.91. The third kappa shape index (κ3) is 3.98. The minimum absolute atomic E-state index is 0.206. The standard InChI is InChI=1S/C16H28ClN3/c1-3-20-15(16(17)12(2)19-20)11-14(18)10-13-8-6-4-5-7-9-13/h13-14H,3-11,18H2,1-2H3. The number of aromatic nitrogens is 2. The summed E-state index contributed by atoms with van der Waals surface area (Å²) >= 11 is 6.37. The second kappa shape index (κ2) is 7.46. The van der Waals surface area contributed by atoms with Crippen molar-refractivity contribution in [3.63, 3.8) is 0 Å². The number of hydrogen-bond donors (Lipinski definition) is 1. The van der Waals surface area contributed by atoms with Gasteiger partial charge in [0.1, 0.15) is 0 Å². The van der Waals surface area contributed by atoms with Crippen molar-refractivity contribution in [1.29, 1.82) is 0 Å². The molecule has 1 fully saturated rings. The van der Waals surface area contributed by atoms with Gasteiger partial charge in [-0.3, -0.25) is 4.68 Å². The quantitative estimate of drug-likeness (QED) is 0.832. The molecule has 0 bridgehead atoms. The molecule has 0 aromatic carbocycles. The van der Waals surface area contributed by atoms with E-state index in [0.29, 0.717) is 0 Å². The molecule has 4 heteroatoms. The highest BCUT2D eigenvalue weighted by Crippen LogP contribution is 2.28. The lowest BCUT2D eigenvalue weighted by Crippen LogP contribution is -2.27. The minimum Gasteiger partial charge on any atom is -0.327 e. The van der Waals surface area contributed by atoms with Crippen molar-refractivity contribution in [3.05, 3.63) is 16.4 Å². The maximum atomic E-state index is 6.39. The van der Waals surface area contributed by atoms with E-state index in [0.717, 1.165) is 41.7 Å². The van der Waals surface area contributed by atoms with Gasteiger partial charge in [0.25, 0.3) is 0 Å². The SMILES string of the molecule is CCn1nc(C)c(Cl)c1CC(N)CC1CCCCCC1. The van der Waals surface area contributed by atoms with Crippen molar-refractivity contribution in [3.8, 4) is 0 Å². The summed E-state index contributed by atoms with van der Waals surface area (Å²) in [6, 6.07) is 0.206. The Morgan fingerprint density at radius 3 is 2.55 bits per heavy atom. The highest BCUT2D eigenvalue weighted by molar-refractivity contribution is 6.31. The van der Waals surface area contributed by atoms with E-state index in [-0.39, 0.29) is 6.04 Å². The van der Waals surface area contributed by atoms with E-state index in [2.05, 4.69) is 12.0 Å². The van der Waals surface area contributed by atoms with Gasteiger partial charge in [-0.05, 0) is 26.2 Å². The predicted octanol–water partition coefficient (Wildman–Crippen LogP) is 4.10. The average molecular weight is 298 g/mol. The Hall–Kier alpha value is -0.540. The van der Waals surface area contributed by atoms with Gasteiger partial charge in [-0.15, -0.1) is 0 Å². The summed E-state index contributed by atoms with van der Waals surface area (Å²) in [4.78, 5) is 0. The lowest BCUT2D eigenvalue weighted by Gasteiger charge is -2.19. The third-order valence-electron chi connectivity index (χ3n) is 4.52. The highest BCUT2D eigenvalue weighted by Gasteiger charge is 2.19. The van der Waals surface area contributed by atoms with E-state index in [1.165, 1.54) is 38.5 Å². The van der Waals surface area contributed by atoms with Crippen molar-refractivity contribution in [2.45, 2.75) is 77.8 Å².